The highest BCUT2D eigenvalue weighted by molar-refractivity contribution is 6.21. The van der Waals surface area contributed by atoms with Crippen LogP contribution < -0.4 is 11.1 Å². The van der Waals surface area contributed by atoms with Crippen LogP contribution in [0.4, 0.5) is 4.79 Å². The Hall–Kier alpha value is -3.68. The molecule has 162 valence electrons. The van der Waals surface area contributed by atoms with E-state index in [0.29, 0.717) is 23.1 Å². The molecule has 1 heterocycles. The molecule has 0 aliphatic carbocycles. The van der Waals surface area contributed by atoms with Crippen molar-refractivity contribution < 1.29 is 23.9 Å². The van der Waals surface area contributed by atoms with E-state index in [0.717, 1.165) is 10.5 Å². The Morgan fingerprint density at radius 3 is 2.03 bits per heavy atom. The third kappa shape index (κ3) is 5.28. The Morgan fingerprint density at radius 1 is 1.00 bits per heavy atom. The number of primary amides is 1. The number of amides is 4. The first kappa shape index (κ1) is 22.0. The molecule has 1 atom stereocenters. The first-order valence-electron chi connectivity index (χ1n) is 9.88. The number of ether oxygens (including phenoxy) is 1. The fraction of sp³-hybridized carbons (Fsp3) is 0.304. The maximum absolute atomic E-state index is 12.7. The Morgan fingerprint density at radius 2 is 1.55 bits per heavy atom. The van der Waals surface area contributed by atoms with Crippen molar-refractivity contribution in [2.24, 2.45) is 5.73 Å². The smallest absolute Gasteiger partial charge is 0.407 e. The molecule has 0 radical (unpaired) electrons. The highest BCUT2D eigenvalue weighted by atomic mass is 16.6. The number of carbonyl (C=O) groups excluding carboxylic acids is 4. The molecule has 0 fully saturated rings. The molecule has 0 spiro atoms. The molecule has 1 aliphatic rings. The first-order chi connectivity index (χ1) is 14.5. The molecule has 3 rings (SSSR count). The standard InChI is InChI=1S/C23H25N3O5/c1-23(2,3)31-22(30)25-16(12-14-8-10-15(11-9-14)19(24)27)13-26-20(28)17-6-4-5-7-18(17)21(26)29/h4-11,16H,12-13H2,1-3H3,(H2,24,27)(H,25,30)/t16-/m0/s1. The Bertz CT molecular complexity index is 989. The summed E-state index contributed by atoms with van der Waals surface area (Å²) in [7, 11) is 0. The van der Waals surface area contributed by atoms with Gasteiger partial charge in [0.25, 0.3) is 11.8 Å². The van der Waals surface area contributed by atoms with Gasteiger partial charge in [0.15, 0.2) is 0 Å². The molecule has 4 amide bonds. The minimum Gasteiger partial charge on any atom is -0.444 e. The van der Waals surface area contributed by atoms with Crippen LogP contribution in [0.1, 0.15) is 57.4 Å². The number of rotatable bonds is 6. The predicted molar refractivity (Wildman–Crippen MR) is 114 cm³/mol. The van der Waals surface area contributed by atoms with Crippen LogP contribution in [0, 0.1) is 0 Å². The minimum absolute atomic E-state index is 0.0246. The van der Waals surface area contributed by atoms with Gasteiger partial charge in [-0.15, -0.1) is 0 Å². The summed E-state index contributed by atoms with van der Waals surface area (Å²) in [6, 6.07) is 12.6. The number of nitrogens with one attached hydrogen (secondary N) is 1. The van der Waals surface area contributed by atoms with Crippen LogP contribution in [0.2, 0.25) is 0 Å². The van der Waals surface area contributed by atoms with E-state index < -0.39 is 35.5 Å². The Kier molecular flexibility index (Phi) is 6.10. The first-order valence-corrected chi connectivity index (χ1v) is 9.88. The van der Waals surface area contributed by atoms with Gasteiger partial charge in [0.2, 0.25) is 5.91 Å². The van der Waals surface area contributed by atoms with Gasteiger partial charge in [0.05, 0.1) is 23.7 Å². The number of nitrogens with two attached hydrogens (primary N) is 1. The van der Waals surface area contributed by atoms with E-state index in [1.807, 2.05) is 0 Å². The average molecular weight is 423 g/mol. The summed E-state index contributed by atoms with van der Waals surface area (Å²) in [5, 5.41) is 2.76. The van der Waals surface area contributed by atoms with Gasteiger partial charge >= 0.3 is 6.09 Å². The van der Waals surface area contributed by atoms with Crippen LogP contribution in [0.5, 0.6) is 0 Å². The van der Waals surface area contributed by atoms with Crippen LogP contribution in [0.3, 0.4) is 0 Å². The number of hydrogen-bond donors (Lipinski definition) is 2. The van der Waals surface area contributed by atoms with E-state index in [-0.39, 0.29) is 6.54 Å². The number of nitrogens with zero attached hydrogens (tertiary/aromatic N) is 1. The third-order valence-corrected chi connectivity index (χ3v) is 4.72. The van der Waals surface area contributed by atoms with Crippen molar-refractivity contribution in [2.45, 2.75) is 38.8 Å². The highest BCUT2D eigenvalue weighted by Crippen LogP contribution is 2.23. The molecule has 2 aromatic rings. The van der Waals surface area contributed by atoms with Gasteiger partial charge < -0.3 is 15.8 Å². The summed E-state index contributed by atoms with van der Waals surface area (Å²) in [5.41, 5.74) is 6.42. The second kappa shape index (κ2) is 8.59. The van der Waals surface area contributed by atoms with E-state index in [9.17, 15) is 19.2 Å². The summed E-state index contributed by atoms with van der Waals surface area (Å²) in [6.07, 6.45) is -0.339. The van der Waals surface area contributed by atoms with Gasteiger partial charge in [-0.3, -0.25) is 19.3 Å². The lowest BCUT2D eigenvalue weighted by Crippen LogP contribution is -2.48. The monoisotopic (exact) mass is 423 g/mol. The molecule has 3 N–H and O–H groups in total. The van der Waals surface area contributed by atoms with Crippen molar-refractivity contribution >= 4 is 23.8 Å². The number of imide groups is 1. The van der Waals surface area contributed by atoms with Crippen molar-refractivity contribution in [3.8, 4) is 0 Å². The van der Waals surface area contributed by atoms with Crippen LogP contribution in [0.25, 0.3) is 0 Å². The lowest BCUT2D eigenvalue weighted by atomic mass is 10.0. The van der Waals surface area contributed by atoms with Gasteiger partial charge in [-0.2, -0.15) is 0 Å². The lowest BCUT2D eigenvalue weighted by molar-refractivity contribution is 0.0468. The van der Waals surface area contributed by atoms with Crippen molar-refractivity contribution in [1.82, 2.24) is 10.2 Å². The van der Waals surface area contributed by atoms with Crippen LogP contribution in [-0.4, -0.2) is 46.9 Å². The second-order valence-electron chi connectivity index (χ2n) is 8.37. The molecular weight excluding hydrogens is 398 g/mol. The van der Waals surface area contributed by atoms with Gasteiger partial charge in [0.1, 0.15) is 5.60 Å². The molecule has 0 unspecified atom stereocenters. The number of alkyl carbamates (subject to hydrolysis) is 1. The largest absolute Gasteiger partial charge is 0.444 e. The summed E-state index contributed by atoms with van der Waals surface area (Å²) in [5.74, 6) is -1.35. The SMILES string of the molecule is CC(C)(C)OC(=O)N[C@@H](Cc1ccc(C(N)=O)cc1)CN1C(=O)c2ccccc2C1=O. The van der Waals surface area contributed by atoms with Gasteiger partial charge in [-0.05, 0) is 57.0 Å². The Balaban J connectivity index is 1.80. The molecule has 2 aromatic carbocycles. The number of hydrogen-bond acceptors (Lipinski definition) is 5. The predicted octanol–water partition coefficient (Wildman–Crippen LogP) is 2.52. The van der Waals surface area contributed by atoms with Crippen LogP contribution in [0.15, 0.2) is 48.5 Å². The molecule has 0 saturated heterocycles. The normalized spacial score (nSPS) is 14.2. The van der Waals surface area contributed by atoms with E-state index in [1.54, 1.807) is 69.3 Å². The third-order valence-electron chi connectivity index (χ3n) is 4.72. The fourth-order valence-corrected chi connectivity index (χ4v) is 3.35. The summed E-state index contributed by atoms with van der Waals surface area (Å²) in [4.78, 5) is 50.3. The number of carbonyl (C=O) groups is 4. The van der Waals surface area contributed by atoms with Gasteiger partial charge in [-0.25, -0.2) is 4.79 Å². The van der Waals surface area contributed by atoms with Crippen molar-refractivity contribution in [1.29, 1.82) is 0 Å². The maximum Gasteiger partial charge on any atom is 0.407 e. The summed E-state index contributed by atoms with van der Waals surface area (Å²) < 4.78 is 5.34. The van der Waals surface area contributed by atoms with E-state index in [2.05, 4.69) is 5.32 Å². The summed E-state index contributed by atoms with van der Waals surface area (Å²) in [6.45, 7) is 5.21. The number of fused-ring (bicyclic) bond motifs is 1. The van der Waals surface area contributed by atoms with Gasteiger partial charge in [0, 0.05) is 5.56 Å². The maximum atomic E-state index is 12.7. The molecule has 8 heteroatoms. The summed E-state index contributed by atoms with van der Waals surface area (Å²) >= 11 is 0. The molecular formula is C23H25N3O5. The van der Waals surface area contributed by atoms with E-state index >= 15 is 0 Å². The highest BCUT2D eigenvalue weighted by Gasteiger charge is 2.37. The van der Waals surface area contributed by atoms with Crippen LogP contribution >= 0.6 is 0 Å². The van der Waals surface area contributed by atoms with Crippen molar-refractivity contribution in [2.75, 3.05) is 6.54 Å². The number of benzene rings is 2. The van der Waals surface area contributed by atoms with E-state index in [1.165, 1.54) is 0 Å². The molecule has 31 heavy (non-hydrogen) atoms. The zero-order chi connectivity index (χ0) is 22.8. The van der Waals surface area contributed by atoms with Crippen LogP contribution in [-0.2, 0) is 11.2 Å². The average Bonchev–Trinajstić information content (AvgIpc) is 2.92. The molecule has 1 aliphatic heterocycles. The Labute approximate surface area is 180 Å². The van der Waals surface area contributed by atoms with E-state index in [4.69, 9.17) is 10.5 Å². The zero-order valence-electron chi connectivity index (χ0n) is 17.7. The van der Waals surface area contributed by atoms with Crippen molar-refractivity contribution in [3.63, 3.8) is 0 Å². The molecule has 0 bridgehead atoms. The van der Waals surface area contributed by atoms with Crippen molar-refractivity contribution in [3.05, 3.63) is 70.8 Å². The zero-order valence-corrected chi connectivity index (χ0v) is 17.7. The van der Waals surface area contributed by atoms with Gasteiger partial charge in [-0.1, -0.05) is 24.3 Å². The minimum atomic E-state index is -0.701. The molecule has 0 aromatic heterocycles. The topological polar surface area (TPSA) is 119 Å². The molecule has 0 saturated carbocycles. The lowest BCUT2D eigenvalue weighted by Gasteiger charge is -2.26. The quantitative estimate of drug-likeness (QED) is 0.692. The molecule has 8 nitrogen and oxygen atoms in total. The second-order valence-corrected chi connectivity index (χ2v) is 8.37. The fourth-order valence-electron chi connectivity index (χ4n) is 3.35.